The average Bonchev–Trinajstić information content (AvgIpc) is 2.29. The second kappa shape index (κ2) is 6.02. The first-order valence-corrected chi connectivity index (χ1v) is 7.38. The fourth-order valence-corrected chi connectivity index (χ4v) is 1.90. The van der Waals surface area contributed by atoms with E-state index in [9.17, 15) is 13.5 Å². The Labute approximate surface area is 102 Å². The number of sulfone groups is 1. The maximum atomic E-state index is 11.2. The van der Waals surface area contributed by atoms with E-state index < -0.39 is 15.9 Å². The average molecular weight is 258 g/mol. The monoisotopic (exact) mass is 258 g/mol. The van der Waals surface area contributed by atoms with E-state index in [1.165, 1.54) is 0 Å². The van der Waals surface area contributed by atoms with Crippen molar-refractivity contribution in [2.45, 2.75) is 20.0 Å². The van der Waals surface area contributed by atoms with Crippen molar-refractivity contribution in [2.24, 2.45) is 0 Å². The fourth-order valence-electron chi connectivity index (χ4n) is 1.27. The van der Waals surface area contributed by atoms with Crippen molar-refractivity contribution >= 4 is 9.84 Å². The highest BCUT2D eigenvalue weighted by Crippen LogP contribution is 2.17. The minimum absolute atomic E-state index is 0.0294. The van der Waals surface area contributed by atoms with Crippen LogP contribution in [0.3, 0.4) is 0 Å². The van der Waals surface area contributed by atoms with Gasteiger partial charge in [-0.15, -0.1) is 0 Å². The van der Waals surface area contributed by atoms with Gasteiger partial charge in [-0.1, -0.05) is 19.1 Å². The molecule has 5 heteroatoms. The molecule has 1 rings (SSSR count). The number of benzene rings is 1. The molecule has 0 spiro atoms. The van der Waals surface area contributed by atoms with Crippen molar-refractivity contribution < 1.29 is 18.3 Å². The molecule has 0 fully saturated rings. The summed E-state index contributed by atoms with van der Waals surface area (Å²) >= 11 is 0. The molecule has 1 aromatic rings. The van der Waals surface area contributed by atoms with Crippen LogP contribution in [0.25, 0.3) is 0 Å². The second-order valence-corrected chi connectivity index (χ2v) is 6.30. The zero-order chi connectivity index (χ0) is 12.9. The summed E-state index contributed by atoms with van der Waals surface area (Å²) in [7, 11) is -2.98. The van der Waals surface area contributed by atoms with Gasteiger partial charge in [0, 0.05) is 5.75 Å². The van der Waals surface area contributed by atoms with E-state index in [4.69, 9.17) is 4.74 Å². The number of rotatable bonds is 6. The Balaban J connectivity index is 2.48. The molecule has 17 heavy (non-hydrogen) atoms. The highest BCUT2D eigenvalue weighted by Gasteiger charge is 2.07. The topological polar surface area (TPSA) is 63.6 Å². The predicted molar refractivity (Wildman–Crippen MR) is 66.9 cm³/mol. The molecule has 0 amide bonds. The Kier molecular flexibility index (Phi) is 4.96. The van der Waals surface area contributed by atoms with Crippen molar-refractivity contribution in [1.29, 1.82) is 0 Å². The van der Waals surface area contributed by atoms with Crippen LogP contribution in [0.4, 0.5) is 0 Å². The molecular weight excluding hydrogens is 240 g/mol. The lowest BCUT2D eigenvalue weighted by Gasteiger charge is -2.08. The zero-order valence-electron chi connectivity index (χ0n) is 10.1. The largest absolute Gasteiger partial charge is 0.493 e. The Bertz CT molecular complexity index is 434. The van der Waals surface area contributed by atoms with E-state index in [0.29, 0.717) is 5.75 Å². The Hall–Kier alpha value is -1.07. The molecule has 1 N–H and O–H groups in total. The highest BCUT2D eigenvalue weighted by atomic mass is 32.2. The predicted octanol–water partition coefficient (Wildman–Crippen LogP) is 1.55. The highest BCUT2D eigenvalue weighted by molar-refractivity contribution is 7.91. The maximum absolute atomic E-state index is 11.2. The normalized spacial score (nSPS) is 13.4. The van der Waals surface area contributed by atoms with Crippen LogP contribution in [0.15, 0.2) is 24.3 Å². The molecule has 4 nitrogen and oxygen atoms in total. The van der Waals surface area contributed by atoms with Crippen LogP contribution >= 0.6 is 0 Å². The lowest BCUT2D eigenvalue weighted by molar-refractivity contribution is 0.199. The van der Waals surface area contributed by atoms with Gasteiger partial charge in [-0.2, -0.15) is 0 Å². The first-order valence-electron chi connectivity index (χ1n) is 5.56. The van der Waals surface area contributed by atoms with Crippen molar-refractivity contribution in [3.8, 4) is 5.75 Å². The number of aliphatic hydroxyl groups excluding tert-OH is 1. The Morgan fingerprint density at radius 2 is 1.88 bits per heavy atom. The van der Waals surface area contributed by atoms with Gasteiger partial charge in [0.15, 0.2) is 9.84 Å². The third kappa shape index (κ3) is 4.75. The van der Waals surface area contributed by atoms with Gasteiger partial charge in [0.2, 0.25) is 0 Å². The van der Waals surface area contributed by atoms with Gasteiger partial charge in [-0.25, -0.2) is 8.42 Å². The fraction of sp³-hybridized carbons (Fsp3) is 0.500. The molecule has 0 radical (unpaired) electrons. The van der Waals surface area contributed by atoms with E-state index in [1.807, 2.05) is 0 Å². The summed E-state index contributed by atoms with van der Waals surface area (Å²) < 4.78 is 27.8. The lowest BCUT2D eigenvalue weighted by atomic mass is 10.1. The molecule has 0 saturated carbocycles. The third-order valence-corrected chi connectivity index (χ3v) is 4.13. The van der Waals surface area contributed by atoms with E-state index in [0.717, 1.165) is 5.56 Å². The van der Waals surface area contributed by atoms with E-state index >= 15 is 0 Å². The first kappa shape index (κ1) is 14.0. The molecule has 0 bridgehead atoms. The third-order valence-electron chi connectivity index (χ3n) is 2.47. The summed E-state index contributed by atoms with van der Waals surface area (Å²) in [6.45, 7) is 3.46. The molecule has 0 saturated heterocycles. The standard InChI is InChI=1S/C12H18O4S/c1-3-17(14,15)9-8-16-12-6-4-11(5-7-12)10(2)13/h4-7,10,13H,3,8-9H2,1-2H3/t10-/m1/s1. The number of hydrogen-bond donors (Lipinski definition) is 1. The molecule has 1 atom stereocenters. The maximum Gasteiger partial charge on any atom is 0.153 e. The molecule has 0 heterocycles. The van der Waals surface area contributed by atoms with Gasteiger partial charge < -0.3 is 9.84 Å². The van der Waals surface area contributed by atoms with Crippen LogP contribution in [-0.2, 0) is 9.84 Å². The molecular formula is C12H18O4S. The van der Waals surface area contributed by atoms with Crippen LogP contribution in [0, 0.1) is 0 Å². The summed E-state index contributed by atoms with van der Waals surface area (Å²) in [6, 6.07) is 6.96. The zero-order valence-corrected chi connectivity index (χ0v) is 10.9. The second-order valence-electron chi connectivity index (χ2n) is 3.83. The molecule has 96 valence electrons. The first-order chi connectivity index (χ1) is 7.94. The molecule has 1 aromatic carbocycles. The summed E-state index contributed by atoms with van der Waals surface area (Å²) in [5, 5.41) is 9.31. The van der Waals surface area contributed by atoms with Gasteiger partial charge in [0.1, 0.15) is 12.4 Å². The summed E-state index contributed by atoms with van der Waals surface area (Å²) in [5.74, 6) is 0.777. The van der Waals surface area contributed by atoms with Crippen LogP contribution < -0.4 is 4.74 Å². The molecule has 0 aliphatic heterocycles. The van der Waals surface area contributed by atoms with Crippen molar-refractivity contribution in [1.82, 2.24) is 0 Å². The number of aliphatic hydroxyl groups is 1. The van der Waals surface area contributed by atoms with Crippen molar-refractivity contribution in [3.05, 3.63) is 29.8 Å². The van der Waals surface area contributed by atoms with E-state index in [2.05, 4.69) is 0 Å². The summed E-state index contributed by atoms with van der Waals surface area (Å²) in [6.07, 6.45) is -0.510. The summed E-state index contributed by atoms with van der Waals surface area (Å²) in [5.41, 5.74) is 0.804. The van der Waals surface area contributed by atoms with Gasteiger partial charge >= 0.3 is 0 Å². The van der Waals surface area contributed by atoms with Crippen molar-refractivity contribution in [3.63, 3.8) is 0 Å². The Morgan fingerprint density at radius 1 is 1.29 bits per heavy atom. The molecule has 0 unspecified atom stereocenters. The smallest absolute Gasteiger partial charge is 0.153 e. The van der Waals surface area contributed by atoms with Crippen LogP contribution in [0.2, 0.25) is 0 Å². The minimum atomic E-state index is -2.98. The SMILES string of the molecule is CCS(=O)(=O)CCOc1ccc([C@@H](C)O)cc1. The van der Waals surface area contributed by atoms with Crippen molar-refractivity contribution in [2.75, 3.05) is 18.1 Å². The van der Waals surface area contributed by atoms with Gasteiger partial charge in [0.25, 0.3) is 0 Å². The molecule has 0 aliphatic rings. The molecule has 0 aliphatic carbocycles. The van der Waals surface area contributed by atoms with Crippen LogP contribution in [0.5, 0.6) is 5.75 Å². The number of ether oxygens (including phenoxy) is 1. The van der Waals surface area contributed by atoms with Gasteiger partial charge in [-0.05, 0) is 24.6 Å². The number of hydrogen-bond acceptors (Lipinski definition) is 4. The van der Waals surface area contributed by atoms with Crippen LogP contribution in [0.1, 0.15) is 25.5 Å². The molecule has 0 aromatic heterocycles. The quantitative estimate of drug-likeness (QED) is 0.841. The van der Waals surface area contributed by atoms with E-state index in [-0.39, 0.29) is 18.1 Å². The Morgan fingerprint density at radius 3 is 2.35 bits per heavy atom. The summed E-state index contributed by atoms with van der Waals surface area (Å²) in [4.78, 5) is 0. The lowest BCUT2D eigenvalue weighted by Crippen LogP contribution is -2.15. The van der Waals surface area contributed by atoms with Gasteiger partial charge in [-0.3, -0.25) is 0 Å². The van der Waals surface area contributed by atoms with Crippen LogP contribution in [-0.4, -0.2) is 31.6 Å². The van der Waals surface area contributed by atoms with E-state index in [1.54, 1.807) is 38.1 Å². The minimum Gasteiger partial charge on any atom is -0.493 e. The van der Waals surface area contributed by atoms with Gasteiger partial charge in [0.05, 0.1) is 11.9 Å².